The second kappa shape index (κ2) is 9.85. The molecule has 0 bridgehead atoms. The molecule has 1 N–H and O–H groups in total. The van der Waals surface area contributed by atoms with Crippen LogP contribution < -0.4 is 10.1 Å². The van der Waals surface area contributed by atoms with Gasteiger partial charge in [0.15, 0.2) is 0 Å². The average molecular weight is 524 g/mol. The van der Waals surface area contributed by atoms with Crippen LogP contribution in [0.3, 0.4) is 0 Å². The number of amidine groups is 1. The molecule has 1 saturated heterocycles. The zero-order valence-corrected chi connectivity index (χ0v) is 20.9. The summed E-state index contributed by atoms with van der Waals surface area (Å²) in [5, 5.41) is 2.64. The van der Waals surface area contributed by atoms with Crippen LogP contribution in [0.15, 0.2) is 47.5 Å². The number of benzene rings is 2. The van der Waals surface area contributed by atoms with E-state index in [0.717, 1.165) is 29.7 Å². The van der Waals surface area contributed by atoms with Crippen molar-refractivity contribution in [2.24, 2.45) is 4.99 Å². The Hall–Kier alpha value is -2.92. The Morgan fingerprint density at radius 1 is 1.14 bits per heavy atom. The molecule has 0 saturated carbocycles. The van der Waals surface area contributed by atoms with Gasteiger partial charge in [0.2, 0.25) is 10.0 Å². The molecule has 0 atom stereocenters. The lowest BCUT2D eigenvalue weighted by molar-refractivity contribution is -0.274. The van der Waals surface area contributed by atoms with Gasteiger partial charge < -0.3 is 10.1 Å². The standard InChI is InChI=1S/C25H28F3N3O4S/c1-3-18-7-8-19(17(2)15-18)9-14-36(33,34)31-12-10-24(11-13-31)23(32)29-22(30-24)20-5-4-6-21(16-20)35-25(26,27)28/h4-8,15-16H,3,9-14H2,1-2H3,(H,29,30,32). The van der Waals surface area contributed by atoms with Crippen molar-refractivity contribution in [2.45, 2.75) is 51.4 Å². The number of piperidine rings is 1. The number of halogens is 3. The van der Waals surface area contributed by atoms with Gasteiger partial charge in [-0.2, -0.15) is 0 Å². The van der Waals surface area contributed by atoms with Crippen LogP contribution in [0.25, 0.3) is 0 Å². The Morgan fingerprint density at radius 2 is 1.86 bits per heavy atom. The highest BCUT2D eigenvalue weighted by Crippen LogP contribution is 2.33. The van der Waals surface area contributed by atoms with E-state index in [9.17, 15) is 26.4 Å². The molecule has 0 aliphatic carbocycles. The molecule has 1 amide bonds. The van der Waals surface area contributed by atoms with Gasteiger partial charge in [-0.3, -0.25) is 9.79 Å². The van der Waals surface area contributed by atoms with Crippen LogP contribution in [-0.4, -0.2) is 55.2 Å². The van der Waals surface area contributed by atoms with Crippen LogP contribution in [0.4, 0.5) is 13.2 Å². The summed E-state index contributed by atoms with van der Waals surface area (Å²) >= 11 is 0. The van der Waals surface area contributed by atoms with E-state index >= 15 is 0 Å². The SMILES string of the molecule is CCc1ccc(CCS(=O)(=O)N2CCC3(CC2)N=C(c2cccc(OC(F)(F)F)c2)NC3=O)c(C)c1. The van der Waals surface area contributed by atoms with E-state index < -0.39 is 27.7 Å². The lowest BCUT2D eigenvalue weighted by Crippen LogP contribution is -2.50. The monoisotopic (exact) mass is 523 g/mol. The molecule has 4 rings (SSSR count). The quantitative estimate of drug-likeness (QED) is 0.599. The van der Waals surface area contributed by atoms with Crippen molar-refractivity contribution >= 4 is 21.8 Å². The number of carbonyl (C=O) groups is 1. The molecule has 11 heteroatoms. The fourth-order valence-electron chi connectivity index (χ4n) is 4.59. The zero-order valence-electron chi connectivity index (χ0n) is 20.1. The molecule has 7 nitrogen and oxygen atoms in total. The summed E-state index contributed by atoms with van der Waals surface area (Å²) in [6.45, 7) is 4.32. The second-order valence-corrected chi connectivity index (χ2v) is 11.2. The molecule has 36 heavy (non-hydrogen) atoms. The molecule has 2 aliphatic rings. The number of carbonyl (C=O) groups excluding carboxylic acids is 1. The summed E-state index contributed by atoms with van der Waals surface area (Å²) in [4.78, 5) is 17.3. The van der Waals surface area contributed by atoms with Crippen LogP contribution in [0, 0.1) is 6.92 Å². The minimum Gasteiger partial charge on any atom is -0.406 e. The van der Waals surface area contributed by atoms with Crippen LogP contribution in [0.5, 0.6) is 5.75 Å². The normalized spacial score (nSPS) is 18.2. The van der Waals surface area contributed by atoms with E-state index in [2.05, 4.69) is 28.0 Å². The number of nitrogens with zero attached hydrogens (tertiary/aromatic N) is 2. The molecular formula is C25H28F3N3O4S. The number of hydrogen-bond acceptors (Lipinski definition) is 5. The summed E-state index contributed by atoms with van der Waals surface area (Å²) in [6.07, 6.45) is -3.15. The van der Waals surface area contributed by atoms with Crippen molar-refractivity contribution < 1.29 is 31.1 Å². The van der Waals surface area contributed by atoms with Crippen LogP contribution in [0.2, 0.25) is 0 Å². The molecular weight excluding hydrogens is 495 g/mol. The fraction of sp³-hybridized carbons (Fsp3) is 0.440. The van der Waals surface area contributed by atoms with E-state index in [1.165, 1.54) is 22.0 Å². The maximum atomic E-state index is 13.0. The minimum absolute atomic E-state index is 0.0287. The first-order valence-electron chi connectivity index (χ1n) is 11.7. The smallest absolute Gasteiger partial charge is 0.406 e. The van der Waals surface area contributed by atoms with Gasteiger partial charge in [-0.15, -0.1) is 13.2 Å². The fourth-order valence-corrected chi connectivity index (χ4v) is 6.07. The number of sulfonamides is 1. The largest absolute Gasteiger partial charge is 0.573 e. The zero-order chi connectivity index (χ0) is 26.1. The number of ether oxygens (including phenoxy) is 1. The molecule has 2 aromatic rings. The maximum absolute atomic E-state index is 13.0. The molecule has 2 aromatic carbocycles. The number of amides is 1. The molecule has 194 valence electrons. The molecule has 2 aliphatic heterocycles. The van der Waals surface area contributed by atoms with Crippen molar-refractivity contribution in [3.63, 3.8) is 0 Å². The molecule has 0 unspecified atom stereocenters. The molecule has 0 radical (unpaired) electrons. The van der Waals surface area contributed by atoms with Crippen LogP contribution >= 0.6 is 0 Å². The van der Waals surface area contributed by atoms with E-state index in [4.69, 9.17) is 0 Å². The van der Waals surface area contributed by atoms with Gasteiger partial charge in [-0.25, -0.2) is 12.7 Å². The second-order valence-electron chi connectivity index (χ2n) is 9.10. The molecule has 2 heterocycles. The Balaban J connectivity index is 1.42. The highest BCUT2D eigenvalue weighted by molar-refractivity contribution is 7.89. The predicted molar refractivity (Wildman–Crippen MR) is 129 cm³/mol. The summed E-state index contributed by atoms with van der Waals surface area (Å²) in [7, 11) is -3.54. The van der Waals surface area contributed by atoms with Crippen molar-refractivity contribution in [1.29, 1.82) is 0 Å². The third kappa shape index (κ3) is 5.73. The number of aryl methyl sites for hydroxylation is 3. The van der Waals surface area contributed by atoms with Gasteiger partial charge in [0.25, 0.3) is 5.91 Å². The third-order valence-corrected chi connectivity index (χ3v) is 8.58. The first-order chi connectivity index (χ1) is 16.9. The Labute approximate surface area is 208 Å². The van der Waals surface area contributed by atoms with Gasteiger partial charge in [0.05, 0.1) is 5.75 Å². The predicted octanol–water partition coefficient (Wildman–Crippen LogP) is 3.74. The first kappa shape index (κ1) is 26.2. The van der Waals surface area contributed by atoms with Gasteiger partial charge in [-0.05, 0) is 61.4 Å². The first-order valence-corrected chi connectivity index (χ1v) is 13.4. The molecule has 1 fully saturated rings. The molecule has 1 spiro atoms. The highest BCUT2D eigenvalue weighted by Gasteiger charge is 2.47. The highest BCUT2D eigenvalue weighted by atomic mass is 32.2. The summed E-state index contributed by atoms with van der Waals surface area (Å²) in [5.41, 5.74) is 2.40. The van der Waals surface area contributed by atoms with E-state index in [0.29, 0.717) is 6.42 Å². The van der Waals surface area contributed by atoms with E-state index in [-0.39, 0.29) is 49.0 Å². The Bertz CT molecular complexity index is 1280. The van der Waals surface area contributed by atoms with Crippen molar-refractivity contribution in [1.82, 2.24) is 9.62 Å². The van der Waals surface area contributed by atoms with E-state index in [1.54, 1.807) is 0 Å². The Kier molecular flexibility index (Phi) is 7.16. The van der Waals surface area contributed by atoms with Gasteiger partial charge in [0, 0.05) is 18.7 Å². The third-order valence-electron chi connectivity index (χ3n) is 6.71. The number of alkyl halides is 3. The van der Waals surface area contributed by atoms with Gasteiger partial charge in [-0.1, -0.05) is 37.3 Å². The van der Waals surface area contributed by atoms with E-state index in [1.807, 2.05) is 19.1 Å². The van der Waals surface area contributed by atoms with Gasteiger partial charge in [0.1, 0.15) is 17.1 Å². The lowest BCUT2D eigenvalue weighted by atomic mass is 9.89. The van der Waals surface area contributed by atoms with Gasteiger partial charge >= 0.3 is 6.36 Å². The number of nitrogens with one attached hydrogen (secondary N) is 1. The summed E-state index contributed by atoms with van der Waals surface area (Å²) in [6, 6.07) is 11.3. The van der Waals surface area contributed by atoms with Crippen molar-refractivity contribution in [3.8, 4) is 5.75 Å². The lowest BCUT2D eigenvalue weighted by Gasteiger charge is -2.34. The number of aliphatic imine (C=N–C) groups is 1. The minimum atomic E-state index is -4.84. The number of rotatable bonds is 7. The average Bonchev–Trinajstić information content (AvgIpc) is 3.13. The topological polar surface area (TPSA) is 88.1 Å². The summed E-state index contributed by atoms with van der Waals surface area (Å²) < 4.78 is 69.0. The Morgan fingerprint density at radius 3 is 2.50 bits per heavy atom. The maximum Gasteiger partial charge on any atom is 0.573 e. The van der Waals surface area contributed by atoms with Crippen molar-refractivity contribution in [2.75, 3.05) is 18.8 Å². The summed E-state index contributed by atoms with van der Waals surface area (Å²) in [5.74, 6) is -0.685. The molecule has 0 aromatic heterocycles. The van der Waals surface area contributed by atoms with Crippen LogP contribution in [-0.2, 0) is 27.7 Å². The van der Waals surface area contributed by atoms with Crippen molar-refractivity contribution in [3.05, 3.63) is 64.7 Å². The van der Waals surface area contributed by atoms with Crippen LogP contribution in [0.1, 0.15) is 42.0 Å². The number of hydrogen-bond donors (Lipinski definition) is 1.